The molecule has 0 bridgehead atoms. The van der Waals surface area contributed by atoms with Crippen molar-refractivity contribution in [1.29, 1.82) is 0 Å². The average molecular weight is 561 g/mol. The first kappa shape index (κ1) is 37.4. The molecule has 0 fully saturated rings. The normalized spacial score (nSPS) is 15.1. The van der Waals surface area contributed by atoms with Gasteiger partial charge >= 0.3 is 0 Å². The first-order chi connectivity index (χ1) is 19.8. The summed E-state index contributed by atoms with van der Waals surface area (Å²) in [5.41, 5.74) is 0. The number of unbranched alkanes of at least 4 members (excludes halogenated alkanes) is 26. The molecule has 2 heteroatoms. The van der Waals surface area contributed by atoms with Gasteiger partial charge < -0.3 is 9.80 Å². The zero-order valence-electron chi connectivity index (χ0n) is 28.3. The Kier molecular flexibility index (Phi) is 27.9. The molecule has 0 aromatic carbocycles. The Balaban J connectivity index is 2.04. The van der Waals surface area contributed by atoms with Gasteiger partial charge in [0.2, 0.25) is 0 Å². The lowest BCUT2D eigenvalue weighted by Gasteiger charge is -2.33. The minimum atomic E-state index is 0.640. The standard InChI is InChI=1S/C38H76N2/c1-4-7-10-12-14-16-18-20-21-22-23-25-27-29-31-33-38-39(34-9-6-3)36-37-40(38)35-32-30-28-26-24-19-17-15-13-11-8-5-2/h36-38H,4-35H2,1-3H3. The molecule has 40 heavy (non-hydrogen) atoms. The summed E-state index contributed by atoms with van der Waals surface area (Å²) in [6.07, 6.45) is 48.5. The van der Waals surface area contributed by atoms with Crippen LogP contribution in [0, 0.1) is 0 Å². The molecule has 0 saturated carbocycles. The van der Waals surface area contributed by atoms with Gasteiger partial charge in [0, 0.05) is 25.5 Å². The fraction of sp³-hybridized carbons (Fsp3) is 0.947. The van der Waals surface area contributed by atoms with Crippen LogP contribution in [0.25, 0.3) is 0 Å². The van der Waals surface area contributed by atoms with Gasteiger partial charge in [-0.1, -0.05) is 188 Å². The van der Waals surface area contributed by atoms with Crippen LogP contribution in [0.15, 0.2) is 12.4 Å². The van der Waals surface area contributed by atoms with Crippen LogP contribution in [0.2, 0.25) is 0 Å². The summed E-state index contributed by atoms with van der Waals surface area (Å²) in [6, 6.07) is 0. The summed E-state index contributed by atoms with van der Waals surface area (Å²) in [5, 5.41) is 0. The van der Waals surface area contributed by atoms with Crippen LogP contribution in [-0.2, 0) is 0 Å². The molecular weight excluding hydrogens is 484 g/mol. The van der Waals surface area contributed by atoms with Crippen LogP contribution in [-0.4, -0.2) is 29.1 Å². The van der Waals surface area contributed by atoms with E-state index in [1.165, 1.54) is 206 Å². The summed E-state index contributed by atoms with van der Waals surface area (Å²) in [4.78, 5) is 5.35. The summed E-state index contributed by atoms with van der Waals surface area (Å²) in [5.74, 6) is 0. The van der Waals surface area contributed by atoms with Crippen molar-refractivity contribution in [2.45, 2.75) is 220 Å². The van der Waals surface area contributed by atoms with Gasteiger partial charge in [-0.2, -0.15) is 0 Å². The lowest BCUT2D eigenvalue weighted by Crippen LogP contribution is -2.39. The maximum Gasteiger partial charge on any atom is 0.101 e. The smallest absolute Gasteiger partial charge is 0.101 e. The second-order valence-corrected chi connectivity index (χ2v) is 13.2. The monoisotopic (exact) mass is 561 g/mol. The van der Waals surface area contributed by atoms with E-state index >= 15 is 0 Å². The van der Waals surface area contributed by atoms with Gasteiger partial charge in [-0.25, -0.2) is 0 Å². The first-order valence-electron chi connectivity index (χ1n) is 19.0. The highest BCUT2D eigenvalue weighted by molar-refractivity contribution is 4.96. The first-order valence-corrected chi connectivity index (χ1v) is 19.0. The topological polar surface area (TPSA) is 6.48 Å². The van der Waals surface area contributed by atoms with Crippen molar-refractivity contribution < 1.29 is 0 Å². The average Bonchev–Trinajstić information content (AvgIpc) is 3.35. The SMILES string of the molecule is CCCCCCCCCCCCCCCCCC1N(CCCC)C=CN1CCCCCCCCCCCCCC. The highest BCUT2D eigenvalue weighted by Gasteiger charge is 2.24. The molecule has 2 nitrogen and oxygen atoms in total. The predicted molar refractivity (Wildman–Crippen MR) is 182 cm³/mol. The quantitative estimate of drug-likeness (QED) is 0.0755. The highest BCUT2D eigenvalue weighted by Crippen LogP contribution is 2.24. The molecule has 0 amide bonds. The second-order valence-electron chi connectivity index (χ2n) is 13.2. The Morgan fingerprint density at radius 1 is 0.325 bits per heavy atom. The van der Waals surface area contributed by atoms with Crippen molar-refractivity contribution in [2.24, 2.45) is 0 Å². The molecule has 1 unspecified atom stereocenters. The van der Waals surface area contributed by atoms with Crippen molar-refractivity contribution in [3.63, 3.8) is 0 Å². The molecule has 1 aliphatic rings. The number of rotatable bonds is 32. The molecule has 238 valence electrons. The third-order valence-corrected chi connectivity index (χ3v) is 9.32. The fourth-order valence-electron chi connectivity index (χ4n) is 6.51. The van der Waals surface area contributed by atoms with Crippen molar-refractivity contribution in [3.8, 4) is 0 Å². The number of nitrogens with zero attached hydrogens (tertiary/aromatic N) is 2. The van der Waals surface area contributed by atoms with Gasteiger partial charge in [0.1, 0.15) is 6.17 Å². The molecule has 1 atom stereocenters. The van der Waals surface area contributed by atoms with E-state index in [4.69, 9.17) is 0 Å². The molecule has 0 radical (unpaired) electrons. The predicted octanol–water partition coefficient (Wildman–Crippen LogP) is 13.2. The molecule has 1 rings (SSSR count). The molecular formula is C38H76N2. The van der Waals surface area contributed by atoms with Crippen molar-refractivity contribution in [2.75, 3.05) is 13.1 Å². The minimum Gasteiger partial charge on any atom is -0.356 e. The number of hydrogen-bond donors (Lipinski definition) is 0. The Morgan fingerprint density at radius 3 is 0.950 bits per heavy atom. The van der Waals surface area contributed by atoms with Crippen molar-refractivity contribution >= 4 is 0 Å². The van der Waals surface area contributed by atoms with E-state index in [0.29, 0.717) is 6.17 Å². The maximum absolute atomic E-state index is 2.69. The third kappa shape index (κ3) is 22.0. The molecule has 0 aliphatic carbocycles. The Bertz CT molecular complexity index is 516. The lowest BCUT2D eigenvalue weighted by molar-refractivity contribution is 0.136. The van der Waals surface area contributed by atoms with Gasteiger partial charge in [0.15, 0.2) is 0 Å². The van der Waals surface area contributed by atoms with E-state index in [0.717, 1.165) is 0 Å². The van der Waals surface area contributed by atoms with E-state index < -0.39 is 0 Å². The van der Waals surface area contributed by atoms with E-state index in [1.54, 1.807) is 0 Å². The van der Waals surface area contributed by atoms with Crippen molar-refractivity contribution in [3.05, 3.63) is 12.4 Å². The molecule has 0 aromatic heterocycles. The number of hydrogen-bond acceptors (Lipinski definition) is 2. The summed E-state index contributed by atoms with van der Waals surface area (Å²) >= 11 is 0. The highest BCUT2D eigenvalue weighted by atomic mass is 15.4. The van der Waals surface area contributed by atoms with Gasteiger partial charge in [0.25, 0.3) is 0 Å². The van der Waals surface area contributed by atoms with Crippen LogP contribution >= 0.6 is 0 Å². The lowest BCUT2D eigenvalue weighted by atomic mass is 10.0. The zero-order chi connectivity index (χ0) is 28.8. The van der Waals surface area contributed by atoms with Crippen molar-refractivity contribution in [1.82, 2.24) is 9.80 Å². The minimum absolute atomic E-state index is 0.640. The largest absolute Gasteiger partial charge is 0.356 e. The molecule has 0 saturated heterocycles. The maximum atomic E-state index is 2.69. The Hall–Kier alpha value is -0.660. The van der Waals surface area contributed by atoms with Gasteiger partial charge in [-0.3, -0.25) is 0 Å². The van der Waals surface area contributed by atoms with Crippen LogP contribution in [0.4, 0.5) is 0 Å². The summed E-state index contributed by atoms with van der Waals surface area (Å²) in [7, 11) is 0. The van der Waals surface area contributed by atoms with E-state index in [2.05, 4.69) is 43.0 Å². The van der Waals surface area contributed by atoms with E-state index in [1.807, 2.05) is 0 Å². The van der Waals surface area contributed by atoms with Crippen LogP contribution < -0.4 is 0 Å². The fourth-order valence-corrected chi connectivity index (χ4v) is 6.51. The Labute approximate surface area is 254 Å². The van der Waals surface area contributed by atoms with Crippen LogP contribution in [0.3, 0.4) is 0 Å². The molecule has 1 heterocycles. The Morgan fingerprint density at radius 2 is 0.600 bits per heavy atom. The summed E-state index contributed by atoms with van der Waals surface area (Å²) in [6.45, 7) is 9.45. The molecule has 0 N–H and O–H groups in total. The van der Waals surface area contributed by atoms with Gasteiger partial charge in [-0.05, 0) is 25.7 Å². The second kappa shape index (κ2) is 29.8. The zero-order valence-corrected chi connectivity index (χ0v) is 28.3. The van der Waals surface area contributed by atoms with E-state index in [9.17, 15) is 0 Å². The summed E-state index contributed by atoms with van der Waals surface area (Å²) < 4.78 is 0. The van der Waals surface area contributed by atoms with Gasteiger partial charge in [0.05, 0.1) is 0 Å². The van der Waals surface area contributed by atoms with Gasteiger partial charge in [-0.15, -0.1) is 0 Å². The third-order valence-electron chi connectivity index (χ3n) is 9.32. The molecule has 0 spiro atoms. The molecule has 1 aliphatic heterocycles. The molecule has 0 aromatic rings. The van der Waals surface area contributed by atoms with E-state index in [-0.39, 0.29) is 0 Å². The van der Waals surface area contributed by atoms with Crippen LogP contribution in [0.1, 0.15) is 213 Å². The van der Waals surface area contributed by atoms with Crippen LogP contribution in [0.5, 0.6) is 0 Å².